The summed E-state index contributed by atoms with van der Waals surface area (Å²) in [7, 11) is 0. The van der Waals surface area contributed by atoms with Gasteiger partial charge in [0.1, 0.15) is 0 Å². The molecule has 1 aliphatic rings. The zero-order chi connectivity index (χ0) is 15.2. The molecule has 1 fully saturated rings. The van der Waals surface area contributed by atoms with Crippen molar-refractivity contribution < 1.29 is 13.6 Å². The molecule has 116 valence electrons. The van der Waals surface area contributed by atoms with Crippen molar-refractivity contribution in [2.75, 3.05) is 6.54 Å². The third-order valence-electron chi connectivity index (χ3n) is 4.08. The molecule has 5 heteroatoms. The van der Waals surface area contributed by atoms with Crippen molar-refractivity contribution in [2.24, 2.45) is 11.7 Å². The summed E-state index contributed by atoms with van der Waals surface area (Å²) in [6.07, 6.45) is 0.620. The third-order valence-corrected chi connectivity index (χ3v) is 4.08. The van der Waals surface area contributed by atoms with Gasteiger partial charge in [-0.05, 0) is 24.3 Å². The summed E-state index contributed by atoms with van der Waals surface area (Å²) in [6.45, 7) is -0.290. The molecular formula is C16H22F2N2O. The van der Waals surface area contributed by atoms with Crippen LogP contribution in [0.4, 0.5) is 8.78 Å². The highest BCUT2D eigenvalue weighted by molar-refractivity contribution is 5.76. The second-order valence-electron chi connectivity index (χ2n) is 5.71. The Morgan fingerprint density at radius 1 is 1.29 bits per heavy atom. The van der Waals surface area contributed by atoms with Crippen molar-refractivity contribution >= 4 is 5.91 Å². The maximum atomic E-state index is 12.7. The van der Waals surface area contributed by atoms with Crippen LogP contribution in [-0.2, 0) is 11.3 Å². The first-order valence-electron chi connectivity index (χ1n) is 7.41. The largest absolute Gasteiger partial charge is 0.333 e. The van der Waals surface area contributed by atoms with E-state index in [0.29, 0.717) is 0 Å². The van der Waals surface area contributed by atoms with Crippen molar-refractivity contribution in [3.8, 4) is 0 Å². The second kappa shape index (κ2) is 7.50. The number of halogens is 2. The van der Waals surface area contributed by atoms with E-state index < -0.39 is 13.0 Å². The number of benzene rings is 1. The fourth-order valence-electron chi connectivity index (χ4n) is 2.90. The summed E-state index contributed by atoms with van der Waals surface area (Å²) >= 11 is 0. The van der Waals surface area contributed by atoms with Crippen molar-refractivity contribution in [1.29, 1.82) is 0 Å². The van der Waals surface area contributed by atoms with E-state index >= 15 is 0 Å². The molecule has 0 spiro atoms. The molecule has 3 nitrogen and oxygen atoms in total. The van der Waals surface area contributed by atoms with Crippen LogP contribution in [0.15, 0.2) is 30.3 Å². The maximum Gasteiger partial charge on any atom is 0.255 e. The SMILES string of the molecule is N[C@@H]1CCC[C@H]1CC(=O)N(Cc1ccccc1)CC(F)F. The minimum Gasteiger partial charge on any atom is -0.333 e. The first kappa shape index (κ1) is 15.9. The Balaban J connectivity index is 1.99. The van der Waals surface area contributed by atoms with Crippen molar-refractivity contribution in [3.63, 3.8) is 0 Å². The van der Waals surface area contributed by atoms with Gasteiger partial charge in [0.15, 0.2) is 0 Å². The van der Waals surface area contributed by atoms with Crippen LogP contribution in [0.25, 0.3) is 0 Å². The highest BCUT2D eigenvalue weighted by Crippen LogP contribution is 2.27. The molecule has 0 aliphatic heterocycles. The Kier molecular flexibility index (Phi) is 5.67. The van der Waals surface area contributed by atoms with Gasteiger partial charge in [0.05, 0.1) is 6.54 Å². The highest BCUT2D eigenvalue weighted by Gasteiger charge is 2.28. The molecule has 21 heavy (non-hydrogen) atoms. The van der Waals surface area contributed by atoms with E-state index in [1.165, 1.54) is 4.90 Å². The number of carbonyl (C=O) groups excluding carboxylic acids is 1. The molecule has 0 unspecified atom stereocenters. The molecule has 0 saturated heterocycles. The molecule has 1 amide bonds. The predicted molar refractivity (Wildman–Crippen MR) is 77.8 cm³/mol. The van der Waals surface area contributed by atoms with Gasteiger partial charge in [-0.15, -0.1) is 0 Å². The lowest BCUT2D eigenvalue weighted by Gasteiger charge is -2.25. The highest BCUT2D eigenvalue weighted by atomic mass is 19.3. The van der Waals surface area contributed by atoms with Gasteiger partial charge < -0.3 is 10.6 Å². The Bertz CT molecular complexity index is 453. The molecule has 2 N–H and O–H groups in total. The molecule has 0 heterocycles. The van der Waals surface area contributed by atoms with Crippen LogP contribution in [0.3, 0.4) is 0 Å². The Hall–Kier alpha value is -1.49. The Morgan fingerprint density at radius 3 is 2.57 bits per heavy atom. The summed E-state index contributed by atoms with van der Waals surface area (Å²) in [5, 5.41) is 0. The van der Waals surface area contributed by atoms with E-state index in [-0.39, 0.29) is 30.8 Å². The minimum atomic E-state index is -2.52. The number of rotatable bonds is 6. The van der Waals surface area contributed by atoms with Crippen LogP contribution < -0.4 is 5.73 Å². The van der Waals surface area contributed by atoms with Crippen molar-refractivity contribution in [3.05, 3.63) is 35.9 Å². The lowest BCUT2D eigenvalue weighted by molar-refractivity contribution is -0.134. The van der Waals surface area contributed by atoms with Gasteiger partial charge in [0, 0.05) is 19.0 Å². The van der Waals surface area contributed by atoms with E-state index in [4.69, 9.17) is 5.73 Å². The lowest BCUT2D eigenvalue weighted by Crippen LogP contribution is -2.37. The van der Waals surface area contributed by atoms with Crippen LogP contribution in [0.5, 0.6) is 0 Å². The van der Waals surface area contributed by atoms with Gasteiger partial charge in [-0.3, -0.25) is 4.79 Å². The van der Waals surface area contributed by atoms with Crippen LogP contribution in [-0.4, -0.2) is 29.8 Å². The third kappa shape index (κ3) is 4.77. The Labute approximate surface area is 124 Å². The summed E-state index contributed by atoms with van der Waals surface area (Å²) in [5.74, 6) is -0.0880. The molecule has 0 radical (unpaired) electrons. The fourth-order valence-corrected chi connectivity index (χ4v) is 2.90. The average molecular weight is 296 g/mol. The molecule has 1 aliphatic carbocycles. The molecular weight excluding hydrogens is 274 g/mol. The normalized spacial score (nSPS) is 21.7. The van der Waals surface area contributed by atoms with Crippen LogP contribution in [0.2, 0.25) is 0 Å². The predicted octanol–water partition coefficient (Wildman–Crippen LogP) is 2.80. The lowest BCUT2D eigenvalue weighted by atomic mass is 9.99. The monoisotopic (exact) mass is 296 g/mol. The molecule has 0 bridgehead atoms. The number of nitrogens with zero attached hydrogens (tertiary/aromatic N) is 1. The number of hydrogen-bond donors (Lipinski definition) is 1. The molecule has 2 rings (SSSR count). The summed E-state index contributed by atoms with van der Waals surface area (Å²) in [6, 6.07) is 9.25. The van der Waals surface area contributed by atoms with Gasteiger partial charge >= 0.3 is 0 Å². The zero-order valence-electron chi connectivity index (χ0n) is 12.1. The number of alkyl halides is 2. The fraction of sp³-hybridized carbons (Fsp3) is 0.562. The summed E-state index contributed by atoms with van der Waals surface area (Å²) < 4.78 is 25.4. The number of carbonyl (C=O) groups is 1. The minimum absolute atomic E-state index is 0.0269. The molecule has 0 aromatic heterocycles. The van der Waals surface area contributed by atoms with Gasteiger partial charge in [0.25, 0.3) is 6.43 Å². The van der Waals surface area contributed by atoms with E-state index in [1.807, 2.05) is 30.3 Å². The number of amides is 1. The van der Waals surface area contributed by atoms with Crippen LogP contribution in [0.1, 0.15) is 31.2 Å². The van der Waals surface area contributed by atoms with E-state index in [1.54, 1.807) is 0 Å². The van der Waals surface area contributed by atoms with E-state index in [2.05, 4.69) is 0 Å². The van der Waals surface area contributed by atoms with E-state index in [0.717, 1.165) is 24.8 Å². The number of hydrogen-bond acceptors (Lipinski definition) is 2. The van der Waals surface area contributed by atoms with Gasteiger partial charge in [-0.2, -0.15) is 0 Å². The van der Waals surface area contributed by atoms with Gasteiger partial charge in [-0.1, -0.05) is 36.8 Å². The number of nitrogens with two attached hydrogens (primary N) is 1. The van der Waals surface area contributed by atoms with Crippen molar-refractivity contribution in [1.82, 2.24) is 4.90 Å². The van der Waals surface area contributed by atoms with Gasteiger partial charge in [-0.25, -0.2) is 8.78 Å². The standard InChI is InChI=1S/C16H22F2N2O/c17-15(18)11-20(10-12-5-2-1-3-6-12)16(21)9-13-7-4-8-14(13)19/h1-3,5-6,13-15H,4,7-11,19H2/t13-,14+/m0/s1. The van der Waals surface area contributed by atoms with Crippen LogP contribution >= 0.6 is 0 Å². The average Bonchev–Trinajstić information content (AvgIpc) is 2.84. The van der Waals surface area contributed by atoms with Crippen LogP contribution in [0, 0.1) is 5.92 Å². The first-order valence-corrected chi connectivity index (χ1v) is 7.41. The quantitative estimate of drug-likeness (QED) is 0.877. The molecule has 1 saturated carbocycles. The molecule has 1 aromatic rings. The molecule has 1 aromatic carbocycles. The summed E-state index contributed by atoms with van der Waals surface area (Å²) in [4.78, 5) is 13.6. The first-order chi connectivity index (χ1) is 10.1. The van der Waals surface area contributed by atoms with Crippen molar-refractivity contribution in [2.45, 2.75) is 44.7 Å². The Morgan fingerprint density at radius 2 is 2.00 bits per heavy atom. The van der Waals surface area contributed by atoms with Gasteiger partial charge in [0.2, 0.25) is 5.91 Å². The smallest absolute Gasteiger partial charge is 0.255 e. The summed E-state index contributed by atoms with van der Waals surface area (Å²) in [5.41, 5.74) is 6.83. The maximum absolute atomic E-state index is 12.7. The van der Waals surface area contributed by atoms with E-state index in [9.17, 15) is 13.6 Å². The zero-order valence-corrected chi connectivity index (χ0v) is 12.1. The topological polar surface area (TPSA) is 46.3 Å². The molecule has 2 atom stereocenters. The second-order valence-corrected chi connectivity index (χ2v) is 5.71.